The molecule has 1 aromatic carbocycles. The molecule has 6 heteroatoms. The Morgan fingerprint density at radius 1 is 1.44 bits per heavy atom. The van der Waals surface area contributed by atoms with E-state index in [2.05, 4.69) is 0 Å². The van der Waals surface area contributed by atoms with Crippen molar-refractivity contribution in [1.82, 2.24) is 0 Å². The number of rotatable bonds is 3. The molecule has 16 heavy (non-hydrogen) atoms. The Hall–Kier alpha value is -0.630. The van der Waals surface area contributed by atoms with Gasteiger partial charge in [-0.1, -0.05) is 0 Å². The van der Waals surface area contributed by atoms with Gasteiger partial charge in [-0.15, -0.1) is 0 Å². The number of benzene rings is 1. The van der Waals surface area contributed by atoms with Crippen LogP contribution in [0.25, 0.3) is 0 Å². The van der Waals surface area contributed by atoms with Crippen LogP contribution in [0, 0.1) is 3.57 Å². The summed E-state index contributed by atoms with van der Waals surface area (Å²) < 4.78 is 28.6. The van der Waals surface area contributed by atoms with Crippen molar-refractivity contribution in [2.75, 3.05) is 12.9 Å². The lowest BCUT2D eigenvalue weighted by Crippen LogP contribution is -2.11. The predicted octanol–water partition coefficient (Wildman–Crippen LogP) is 1.87. The van der Waals surface area contributed by atoms with E-state index >= 15 is 0 Å². The first-order valence-corrected chi connectivity index (χ1v) is 7.50. The highest BCUT2D eigenvalue weighted by Gasteiger charge is 2.19. The van der Waals surface area contributed by atoms with Crippen LogP contribution in [0.15, 0.2) is 23.1 Å². The van der Waals surface area contributed by atoms with E-state index in [1.807, 2.05) is 22.6 Å². The molecule has 0 saturated carbocycles. The molecule has 0 spiro atoms. The van der Waals surface area contributed by atoms with Crippen molar-refractivity contribution in [3.8, 4) is 0 Å². The normalized spacial score (nSPS) is 11.2. The van der Waals surface area contributed by atoms with Gasteiger partial charge in [0.1, 0.15) is 0 Å². The zero-order valence-corrected chi connectivity index (χ0v) is 11.8. The third-order valence-electron chi connectivity index (χ3n) is 1.84. The predicted molar refractivity (Wildman–Crippen MR) is 68.2 cm³/mol. The topological polar surface area (TPSA) is 60.4 Å². The minimum atomic E-state index is -3.42. The zero-order chi connectivity index (χ0) is 12.3. The molecule has 1 aromatic rings. The first-order chi connectivity index (χ1) is 7.36. The summed E-state index contributed by atoms with van der Waals surface area (Å²) in [6.07, 6.45) is 1.07. The molecular formula is C10H11IO4S. The van der Waals surface area contributed by atoms with Crippen LogP contribution in [-0.2, 0) is 14.6 Å². The van der Waals surface area contributed by atoms with Gasteiger partial charge in [0.25, 0.3) is 0 Å². The fourth-order valence-electron chi connectivity index (χ4n) is 1.18. The molecule has 1 rings (SSSR count). The maximum absolute atomic E-state index is 11.5. The minimum Gasteiger partial charge on any atom is -0.462 e. The molecule has 0 radical (unpaired) electrons. The summed E-state index contributed by atoms with van der Waals surface area (Å²) in [6, 6.07) is 4.60. The van der Waals surface area contributed by atoms with E-state index in [1.54, 1.807) is 13.0 Å². The third kappa shape index (κ3) is 3.18. The van der Waals surface area contributed by atoms with Gasteiger partial charge in [-0.05, 0) is 47.7 Å². The van der Waals surface area contributed by atoms with Gasteiger partial charge in [0, 0.05) is 9.83 Å². The lowest BCUT2D eigenvalue weighted by Gasteiger charge is -2.07. The molecule has 0 aliphatic carbocycles. The SMILES string of the molecule is CCOC(=O)c1ccc(I)cc1S(C)(=O)=O. The van der Waals surface area contributed by atoms with Gasteiger partial charge in [0.2, 0.25) is 0 Å². The van der Waals surface area contributed by atoms with E-state index < -0.39 is 15.8 Å². The minimum absolute atomic E-state index is 0.0119. The third-order valence-corrected chi connectivity index (χ3v) is 3.65. The Bertz CT molecular complexity index is 508. The second kappa shape index (κ2) is 5.13. The summed E-state index contributed by atoms with van der Waals surface area (Å²) >= 11 is 1.99. The quantitative estimate of drug-likeness (QED) is 0.614. The molecular weight excluding hydrogens is 343 g/mol. The molecule has 0 aromatic heterocycles. The molecule has 0 unspecified atom stereocenters. The number of ether oxygens (including phenoxy) is 1. The molecule has 0 bridgehead atoms. The number of hydrogen-bond donors (Lipinski definition) is 0. The smallest absolute Gasteiger partial charge is 0.339 e. The second-order valence-corrected chi connectivity index (χ2v) is 6.36. The first kappa shape index (κ1) is 13.4. The van der Waals surface area contributed by atoms with Gasteiger partial charge < -0.3 is 4.74 Å². The monoisotopic (exact) mass is 354 g/mol. The Morgan fingerprint density at radius 3 is 2.56 bits per heavy atom. The van der Waals surface area contributed by atoms with Crippen LogP contribution in [0.3, 0.4) is 0 Å². The highest BCUT2D eigenvalue weighted by atomic mass is 127. The van der Waals surface area contributed by atoms with E-state index in [0.717, 1.165) is 9.83 Å². The van der Waals surface area contributed by atoms with Gasteiger partial charge in [0.05, 0.1) is 17.1 Å². The van der Waals surface area contributed by atoms with Crippen molar-refractivity contribution in [2.45, 2.75) is 11.8 Å². The average molecular weight is 354 g/mol. The van der Waals surface area contributed by atoms with Crippen LogP contribution >= 0.6 is 22.6 Å². The molecule has 0 aliphatic heterocycles. The molecule has 0 N–H and O–H groups in total. The van der Waals surface area contributed by atoms with Gasteiger partial charge in [0.15, 0.2) is 9.84 Å². The number of hydrogen-bond acceptors (Lipinski definition) is 4. The van der Waals surface area contributed by atoms with Crippen LogP contribution in [0.1, 0.15) is 17.3 Å². The summed E-state index contributed by atoms with van der Waals surface area (Å²) in [5.74, 6) is -0.612. The van der Waals surface area contributed by atoms with E-state index in [4.69, 9.17) is 4.74 Å². The van der Waals surface area contributed by atoms with Gasteiger partial charge in [-0.25, -0.2) is 13.2 Å². The van der Waals surface area contributed by atoms with Crippen LogP contribution in [0.5, 0.6) is 0 Å². The average Bonchev–Trinajstić information content (AvgIpc) is 2.16. The molecule has 0 aliphatic rings. The van der Waals surface area contributed by atoms with Crippen molar-refractivity contribution < 1.29 is 17.9 Å². The summed E-state index contributed by atoms with van der Waals surface area (Å²) in [7, 11) is -3.42. The summed E-state index contributed by atoms with van der Waals surface area (Å²) in [5, 5.41) is 0. The van der Waals surface area contributed by atoms with Crippen molar-refractivity contribution >= 4 is 38.4 Å². The maximum Gasteiger partial charge on any atom is 0.339 e. The summed E-state index contributed by atoms with van der Waals surface area (Å²) in [6.45, 7) is 1.89. The Morgan fingerprint density at radius 2 is 2.06 bits per heavy atom. The Kier molecular flexibility index (Phi) is 4.31. The number of esters is 1. The highest BCUT2D eigenvalue weighted by molar-refractivity contribution is 14.1. The first-order valence-electron chi connectivity index (χ1n) is 4.53. The lowest BCUT2D eigenvalue weighted by atomic mass is 10.2. The van der Waals surface area contributed by atoms with Gasteiger partial charge >= 0.3 is 5.97 Å². The number of sulfone groups is 1. The van der Waals surface area contributed by atoms with Crippen molar-refractivity contribution in [3.63, 3.8) is 0 Å². The van der Waals surface area contributed by atoms with Crippen LogP contribution in [0.4, 0.5) is 0 Å². The number of halogens is 1. The van der Waals surface area contributed by atoms with Crippen LogP contribution in [-0.4, -0.2) is 27.2 Å². The van der Waals surface area contributed by atoms with E-state index in [1.165, 1.54) is 12.1 Å². The van der Waals surface area contributed by atoms with Crippen molar-refractivity contribution in [2.24, 2.45) is 0 Å². The van der Waals surface area contributed by atoms with Crippen molar-refractivity contribution in [3.05, 3.63) is 27.3 Å². The van der Waals surface area contributed by atoms with Gasteiger partial charge in [-0.3, -0.25) is 0 Å². The van der Waals surface area contributed by atoms with Crippen LogP contribution < -0.4 is 0 Å². The number of carbonyl (C=O) groups excluding carboxylic acids is 1. The second-order valence-electron chi connectivity index (χ2n) is 3.13. The molecule has 0 atom stereocenters. The Labute approximate surface area is 108 Å². The fraction of sp³-hybridized carbons (Fsp3) is 0.300. The fourth-order valence-corrected chi connectivity index (χ4v) is 2.77. The molecule has 0 saturated heterocycles. The summed E-state index contributed by atoms with van der Waals surface area (Å²) in [5.41, 5.74) is 0.0877. The molecule has 4 nitrogen and oxygen atoms in total. The van der Waals surface area contributed by atoms with E-state index in [-0.39, 0.29) is 17.1 Å². The highest BCUT2D eigenvalue weighted by Crippen LogP contribution is 2.19. The van der Waals surface area contributed by atoms with Gasteiger partial charge in [-0.2, -0.15) is 0 Å². The summed E-state index contributed by atoms with van der Waals surface area (Å²) in [4.78, 5) is 11.5. The molecule has 88 valence electrons. The lowest BCUT2D eigenvalue weighted by molar-refractivity contribution is 0.0522. The van der Waals surface area contributed by atoms with E-state index in [9.17, 15) is 13.2 Å². The van der Waals surface area contributed by atoms with E-state index in [0.29, 0.717) is 0 Å². The number of carbonyl (C=O) groups is 1. The zero-order valence-electron chi connectivity index (χ0n) is 8.86. The molecule has 0 heterocycles. The molecule has 0 amide bonds. The standard InChI is InChI=1S/C10H11IO4S/c1-3-15-10(12)8-5-4-7(11)6-9(8)16(2,13)14/h4-6H,3H2,1-2H3. The maximum atomic E-state index is 11.5. The van der Waals surface area contributed by atoms with Crippen LogP contribution in [0.2, 0.25) is 0 Å². The molecule has 0 fully saturated rings. The largest absolute Gasteiger partial charge is 0.462 e. The van der Waals surface area contributed by atoms with Crippen molar-refractivity contribution in [1.29, 1.82) is 0 Å². The Balaban J connectivity index is 3.35.